The normalized spacial score (nSPS) is 12.0. The standard InChI is InChI=1S/C46H31N/c1-28-7-10-31(11-8-28)36-22-15-33-18-25-41-37(23-16-34-17-24-40(36)44(33)45(34)41)32-12-19-35(20-13-32)47-43-27-29(2)9-21-39(43)42-26-14-30-5-3-4-6-38(30)46(42)47/h3-27H,1-2H3. The first-order chi connectivity index (χ1) is 23.1. The lowest BCUT2D eigenvalue weighted by Crippen LogP contribution is -1.95. The van der Waals surface area contributed by atoms with Crippen LogP contribution >= 0.6 is 0 Å². The fourth-order valence-corrected chi connectivity index (χ4v) is 7.98. The molecule has 0 atom stereocenters. The van der Waals surface area contributed by atoms with Gasteiger partial charge in [0.2, 0.25) is 0 Å². The van der Waals surface area contributed by atoms with Crippen LogP contribution in [0.4, 0.5) is 0 Å². The van der Waals surface area contributed by atoms with Gasteiger partial charge in [0.1, 0.15) is 0 Å². The van der Waals surface area contributed by atoms with E-state index in [1.54, 1.807) is 0 Å². The molecule has 0 aliphatic carbocycles. The average molecular weight is 598 g/mol. The van der Waals surface area contributed by atoms with E-state index in [1.165, 1.54) is 104 Å². The maximum Gasteiger partial charge on any atom is 0.0619 e. The highest BCUT2D eigenvalue weighted by Crippen LogP contribution is 2.43. The van der Waals surface area contributed by atoms with Crippen molar-refractivity contribution in [2.45, 2.75) is 13.8 Å². The Balaban J connectivity index is 1.17. The molecular formula is C46H31N. The molecule has 0 amide bonds. The molecule has 0 saturated heterocycles. The summed E-state index contributed by atoms with van der Waals surface area (Å²) < 4.78 is 2.46. The van der Waals surface area contributed by atoms with Gasteiger partial charge in [-0.15, -0.1) is 0 Å². The van der Waals surface area contributed by atoms with E-state index in [0.29, 0.717) is 0 Å². The first-order valence-corrected chi connectivity index (χ1v) is 16.4. The number of hydrogen-bond donors (Lipinski definition) is 0. The summed E-state index contributed by atoms with van der Waals surface area (Å²) in [6.07, 6.45) is 0. The van der Waals surface area contributed by atoms with Crippen LogP contribution in [-0.4, -0.2) is 4.57 Å². The molecule has 0 radical (unpaired) electrons. The van der Waals surface area contributed by atoms with Crippen molar-refractivity contribution in [2.24, 2.45) is 0 Å². The molecule has 0 N–H and O–H groups in total. The summed E-state index contributed by atoms with van der Waals surface area (Å²) >= 11 is 0. The Hall–Kier alpha value is -5.92. The molecule has 0 unspecified atom stereocenters. The van der Waals surface area contributed by atoms with Gasteiger partial charge in [0.25, 0.3) is 0 Å². The maximum atomic E-state index is 2.46. The second-order valence-electron chi connectivity index (χ2n) is 13.1. The number of aromatic nitrogens is 1. The van der Waals surface area contributed by atoms with E-state index in [1.807, 2.05) is 0 Å². The lowest BCUT2D eigenvalue weighted by atomic mass is 9.87. The van der Waals surface area contributed by atoms with Gasteiger partial charge in [-0.1, -0.05) is 139 Å². The maximum absolute atomic E-state index is 2.46. The van der Waals surface area contributed by atoms with Crippen molar-refractivity contribution in [1.82, 2.24) is 4.57 Å². The van der Waals surface area contributed by atoms with Crippen molar-refractivity contribution in [3.8, 4) is 27.9 Å². The molecule has 10 aromatic rings. The minimum absolute atomic E-state index is 1.18. The zero-order chi connectivity index (χ0) is 31.2. The summed E-state index contributed by atoms with van der Waals surface area (Å²) in [4.78, 5) is 0. The minimum atomic E-state index is 1.18. The molecule has 1 heteroatoms. The van der Waals surface area contributed by atoms with Gasteiger partial charge >= 0.3 is 0 Å². The second-order valence-corrected chi connectivity index (χ2v) is 13.1. The van der Waals surface area contributed by atoms with E-state index < -0.39 is 0 Å². The van der Waals surface area contributed by atoms with Crippen LogP contribution in [0.25, 0.3) is 92.8 Å². The zero-order valence-electron chi connectivity index (χ0n) is 26.4. The summed E-state index contributed by atoms with van der Waals surface area (Å²) in [5, 5.41) is 13.0. The van der Waals surface area contributed by atoms with E-state index in [0.717, 1.165) is 0 Å². The summed E-state index contributed by atoms with van der Waals surface area (Å²) in [6, 6.07) is 56.6. The average Bonchev–Trinajstić information content (AvgIpc) is 3.45. The van der Waals surface area contributed by atoms with Crippen LogP contribution in [-0.2, 0) is 0 Å². The molecule has 10 rings (SSSR count). The van der Waals surface area contributed by atoms with E-state index in [9.17, 15) is 0 Å². The summed E-state index contributed by atoms with van der Waals surface area (Å²) in [5.74, 6) is 0. The van der Waals surface area contributed by atoms with E-state index >= 15 is 0 Å². The molecule has 0 fully saturated rings. The molecule has 0 spiro atoms. The highest BCUT2D eigenvalue weighted by Gasteiger charge is 2.17. The van der Waals surface area contributed by atoms with Crippen molar-refractivity contribution in [3.05, 3.63) is 163 Å². The molecule has 0 aliphatic heterocycles. The molecule has 1 nitrogen and oxygen atoms in total. The Bertz CT molecular complexity index is 2830. The van der Waals surface area contributed by atoms with Crippen LogP contribution in [0.3, 0.4) is 0 Å². The smallest absolute Gasteiger partial charge is 0.0619 e. The molecule has 0 bridgehead atoms. The molecule has 220 valence electrons. The lowest BCUT2D eigenvalue weighted by Gasteiger charge is -2.17. The first kappa shape index (κ1) is 26.3. The van der Waals surface area contributed by atoms with E-state index in [2.05, 4.69) is 170 Å². The first-order valence-electron chi connectivity index (χ1n) is 16.4. The van der Waals surface area contributed by atoms with Gasteiger partial charge in [0.15, 0.2) is 0 Å². The van der Waals surface area contributed by atoms with E-state index in [-0.39, 0.29) is 0 Å². The third-order valence-corrected chi connectivity index (χ3v) is 10.3. The number of rotatable bonds is 3. The molecule has 9 aromatic carbocycles. The van der Waals surface area contributed by atoms with Gasteiger partial charge < -0.3 is 4.57 Å². The van der Waals surface area contributed by atoms with Crippen LogP contribution in [0.1, 0.15) is 11.1 Å². The third-order valence-electron chi connectivity index (χ3n) is 10.3. The number of benzene rings is 9. The minimum Gasteiger partial charge on any atom is -0.309 e. The molecular weight excluding hydrogens is 567 g/mol. The fourth-order valence-electron chi connectivity index (χ4n) is 7.98. The Morgan fingerprint density at radius 2 is 0.915 bits per heavy atom. The number of nitrogens with zero attached hydrogens (tertiary/aromatic N) is 1. The highest BCUT2D eigenvalue weighted by atomic mass is 15.0. The zero-order valence-corrected chi connectivity index (χ0v) is 26.4. The predicted octanol–water partition coefficient (Wildman–Crippen LogP) is 12.8. The molecule has 47 heavy (non-hydrogen) atoms. The summed E-state index contributed by atoms with van der Waals surface area (Å²) in [7, 11) is 0. The van der Waals surface area contributed by atoms with Crippen molar-refractivity contribution >= 4 is 64.9 Å². The lowest BCUT2D eigenvalue weighted by molar-refractivity contribution is 1.18. The molecule has 0 saturated carbocycles. The fraction of sp³-hybridized carbons (Fsp3) is 0.0435. The SMILES string of the molecule is Cc1ccc(-c2ccc3ccc4c(-c5ccc(-n6c7cc(C)ccc7c7ccc8ccccc8c76)cc5)ccc5ccc2c3c54)cc1. The molecule has 0 aliphatic rings. The second kappa shape index (κ2) is 9.79. The van der Waals surface area contributed by atoms with Crippen molar-refractivity contribution in [3.63, 3.8) is 0 Å². The van der Waals surface area contributed by atoms with Crippen LogP contribution in [0.5, 0.6) is 0 Å². The summed E-state index contributed by atoms with van der Waals surface area (Å²) in [6.45, 7) is 4.33. The monoisotopic (exact) mass is 597 g/mol. The number of aryl methyl sites for hydroxylation is 2. The van der Waals surface area contributed by atoms with Crippen LogP contribution in [0, 0.1) is 13.8 Å². The van der Waals surface area contributed by atoms with Gasteiger partial charge in [-0.05, 0) is 97.6 Å². The highest BCUT2D eigenvalue weighted by molar-refractivity contribution is 6.27. The molecule has 1 heterocycles. The van der Waals surface area contributed by atoms with Gasteiger partial charge in [-0.25, -0.2) is 0 Å². The predicted molar refractivity (Wildman–Crippen MR) is 202 cm³/mol. The van der Waals surface area contributed by atoms with Crippen LogP contribution in [0.2, 0.25) is 0 Å². The van der Waals surface area contributed by atoms with Crippen molar-refractivity contribution in [2.75, 3.05) is 0 Å². The van der Waals surface area contributed by atoms with Gasteiger partial charge in [-0.2, -0.15) is 0 Å². The summed E-state index contributed by atoms with van der Waals surface area (Å²) in [5.41, 5.74) is 11.3. The Morgan fingerprint density at radius 1 is 0.383 bits per heavy atom. The van der Waals surface area contributed by atoms with Gasteiger partial charge in [0.05, 0.1) is 11.0 Å². The number of hydrogen-bond acceptors (Lipinski definition) is 0. The topological polar surface area (TPSA) is 4.93 Å². The Kier molecular flexibility index (Phi) is 5.48. The Morgan fingerprint density at radius 3 is 1.60 bits per heavy atom. The van der Waals surface area contributed by atoms with E-state index in [4.69, 9.17) is 0 Å². The van der Waals surface area contributed by atoms with Crippen LogP contribution in [0.15, 0.2) is 152 Å². The quantitative estimate of drug-likeness (QED) is 0.179. The Labute approximate surface area is 273 Å². The molecule has 1 aromatic heterocycles. The third kappa shape index (κ3) is 3.84. The van der Waals surface area contributed by atoms with Gasteiger partial charge in [-0.3, -0.25) is 0 Å². The van der Waals surface area contributed by atoms with Crippen molar-refractivity contribution in [1.29, 1.82) is 0 Å². The largest absolute Gasteiger partial charge is 0.309 e. The van der Waals surface area contributed by atoms with Gasteiger partial charge in [0, 0.05) is 21.8 Å². The van der Waals surface area contributed by atoms with Crippen molar-refractivity contribution < 1.29 is 0 Å². The van der Waals surface area contributed by atoms with Crippen LogP contribution < -0.4 is 0 Å². The number of fused-ring (bicyclic) bond motifs is 5.